The second-order valence-corrected chi connectivity index (χ2v) is 5.37. The van der Waals surface area contributed by atoms with E-state index in [-0.39, 0.29) is 0 Å². The minimum Gasteiger partial charge on any atom is -0.373 e. The molecule has 0 fully saturated rings. The zero-order valence-corrected chi connectivity index (χ0v) is 8.94. The lowest BCUT2D eigenvalue weighted by Crippen LogP contribution is -2.21. The molecule has 4 nitrogen and oxygen atoms in total. The SMILES string of the molecule is COP(=O)(O)C(C)(O)c1ccccc1. The molecule has 0 heterocycles. The van der Waals surface area contributed by atoms with Crippen LogP contribution in [0.1, 0.15) is 12.5 Å². The summed E-state index contributed by atoms with van der Waals surface area (Å²) in [6.45, 7) is 1.26. The summed E-state index contributed by atoms with van der Waals surface area (Å²) in [6.07, 6.45) is 0. The Morgan fingerprint density at radius 2 is 1.86 bits per heavy atom. The molecule has 2 unspecified atom stereocenters. The van der Waals surface area contributed by atoms with Crippen molar-refractivity contribution in [3.8, 4) is 0 Å². The Morgan fingerprint density at radius 1 is 1.36 bits per heavy atom. The van der Waals surface area contributed by atoms with Crippen molar-refractivity contribution in [3.05, 3.63) is 35.9 Å². The predicted octanol–water partition coefficient (Wildman–Crippen LogP) is 1.68. The summed E-state index contributed by atoms with van der Waals surface area (Å²) in [4.78, 5) is 9.39. The summed E-state index contributed by atoms with van der Waals surface area (Å²) in [6, 6.07) is 8.26. The zero-order chi connectivity index (χ0) is 10.8. The van der Waals surface area contributed by atoms with E-state index in [1.165, 1.54) is 6.92 Å². The van der Waals surface area contributed by atoms with Gasteiger partial charge in [0.25, 0.3) is 0 Å². The first-order valence-electron chi connectivity index (χ1n) is 4.08. The normalized spacial score (nSPS) is 19.7. The van der Waals surface area contributed by atoms with Crippen LogP contribution in [-0.4, -0.2) is 17.1 Å². The molecule has 1 rings (SSSR count). The number of benzene rings is 1. The van der Waals surface area contributed by atoms with Crippen LogP contribution in [0.3, 0.4) is 0 Å². The van der Waals surface area contributed by atoms with Crippen LogP contribution in [0.15, 0.2) is 30.3 Å². The highest BCUT2D eigenvalue weighted by Gasteiger charge is 2.43. The van der Waals surface area contributed by atoms with Crippen LogP contribution in [-0.2, 0) is 14.4 Å². The average Bonchev–Trinajstić information content (AvgIpc) is 2.19. The van der Waals surface area contributed by atoms with Crippen molar-refractivity contribution in [2.75, 3.05) is 7.11 Å². The van der Waals surface area contributed by atoms with Crippen LogP contribution in [0.5, 0.6) is 0 Å². The molecule has 0 aromatic heterocycles. The third-order valence-corrected chi connectivity index (χ3v) is 3.97. The first-order valence-corrected chi connectivity index (χ1v) is 5.66. The van der Waals surface area contributed by atoms with Crippen molar-refractivity contribution in [3.63, 3.8) is 0 Å². The second kappa shape index (κ2) is 3.83. The van der Waals surface area contributed by atoms with E-state index >= 15 is 0 Å². The zero-order valence-electron chi connectivity index (χ0n) is 8.04. The van der Waals surface area contributed by atoms with Gasteiger partial charge in [-0.15, -0.1) is 0 Å². The van der Waals surface area contributed by atoms with E-state index in [0.717, 1.165) is 7.11 Å². The molecule has 0 aliphatic heterocycles. The second-order valence-electron chi connectivity index (χ2n) is 3.09. The fraction of sp³-hybridized carbons (Fsp3) is 0.333. The Labute approximate surface area is 82.7 Å². The van der Waals surface area contributed by atoms with E-state index in [0.29, 0.717) is 5.56 Å². The van der Waals surface area contributed by atoms with Gasteiger partial charge in [0.2, 0.25) is 0 Å². The summed E-state index contributed by atoms with van der Waals surface area (Å²) in [5.74, 6) is 0. The molecule has 78 valence electrons. The average molecular weight is 216 g/mol. The van der Waals surface area contributed by atoms with Crippen molar-refractivity contribution in [2.45, 2.75) is 12.3 Å². The lowest BCUT2D eigenvalue weighted by Gasteiger charge is -2.27. The van der Waals surface area contributed by atoms with Crippen LogP contribution in [0.25, 0.3) is 0 Å². The van der Waals surface area contributed by atoms with Crippen molar-refractivity contribution in [2.24, 2.45) is 0 Å². The van der Waals surface area contributed by atoms with Gasteiger partial charge in [-0.1, -0.05) is 30.3 Å². The Balaban J connectivity index is 3.15. The van der Waals surface area contributed by atoms with Crippen LogP contribution < -0.4 is 0 Å². The van der Waals surface area contributed by atoms with Gasteiger partial charge in [-0.05, 0) is 12.5 Å². The van der Waals surface area contributed by atoms with Crippen LogP contribution in [0, 0.1) is 0 Å². The van der Waals surface area contributed by atoms with Gasteiger partial charge >= 0.3 is 7.60 Å². The van der Waals surface area contributed by atoms with E-state index in [9.17, 15) is 14.6 Å². The van der Waals surface area contributed by atoms with E-state index in [1.54, 1.807) is 30.3 Å². The van der Waals surface area contributed by atoms with Gasteiger partial charge in [-0.2, -0.15) is 0 Å². The highest BCUT2D eigenvalue weighted by molar-refractivity contribution is 7.53. The van der Waals surface area contributed by atoms with Gasteiger partial charge in [0.05, 0.1) is 0 Å². The molecule has 1 aromatic carbocycles. The van der Waals surface area contributed by atoms with Crippen LogP contribution in [0.2, 0.25) is 0 Å². The van der Waals surface area contributed by atoms with Crippen LogP contribution >= 0.6 is 7.60 Å². The van der Waals surface area contributed by atoms with E-state index in [4.69, 9.17) is 0 Å². The Bertz CT molecular complexity index is 347. The monoisotopic (exact) mass is 216 g/mol. The molecule has 2 atom stereocenters. The highest BCUT2D eigenvalue weighted by atomic mass is 31.2. The maximum atomic E-state index is 11.5. The molecule has 0 aliphatic rings. The highest BCUT2D eigenvalue weighted by Crippen LogP contribution is 2.58. The minimum absolute atomic E-state index is 0.354. The molecule has 14 heavy (non-hydrogen) atoms. The molecule has 0 bridgehead atoms. The largest absolute Gasteiger partial charge is 0.373 e. The minimum atomic E-state index is -4.04. The Morgan fingerprint density at radius 3 is 2.29 bits per heavy atom. The summed E-state index contributed by atoms with van der Waals surface area (Å²) in [5.41, 5.74) is 0.354. The van der Waals surface area contributed by atoms with Crippen molar-refractivity contribution < 1.29 is 19.1 Å². The third kappa shape index (κ3) is 1.88. The fourth-order valence-electron chi connectivity index (χ4n) is 1.09. The summed E-state index contributed by atoms with van der Waals surface area (Å²) >= 11 is 0. The fourth-order valence-corrected chi connectivity index (χ4v) is 1.93. The quantitative estimate of drug-likeness (QED) is 0.754. The predicted molar refractivity (Wildman–Crippen MR) is 52.8 cm³/mol. The van der Waals surface area contributed by atoms with Gasteiger partial charge in [-0.3, -0.25) is 4.57 Å². The number of aliphatic hydroxyl groups is 1. The van der Waals surface area contributed by atoms with Crippen LogP contribution in [0.4, 0.5) is 0 Å². The first-order chi connectivity index (χ1) is 6.42. The van der Waals surface area contributed by atoms with Crippen molar-refractivity contribution in [1.82, 2.24) is 0 Å². The first kappa shape index (κ1) is 11.4. The Kier molecular flexibility index (Phi) is 3.12. The third-order valence-electron chi connectivity index (χ3n) is 2.12. The molecule has 2 N–H and O–H groups in total. The molecule has 0 saturated carbocycles. The van der Waals surface area contributed by atoms with E-state index in [2.05, 4.69) is 4.52 Å². The van der Waals surface area contributed by atoms with Gasteiger partial charge in [0.15, 0.2) is 5.34 Å². The maximum absolute atomic E-state index is 11.5. The van der Waals surface area contributed by atoms with Gasteiger partial charge in [0.1, 0.15) is 0 Å². The number of hydrogen-bond acceptors (Lipinski definition) is 3. The smallest absolute Gasteiger partial charge is 0.363 e. The summed E-state index contributed by atoms with van der Waals surface area (Å²) in [7, 11) is -2.95. The molecule has 1 aromatic rings. The van der Waals surface area contributed by atoms with Crippen molar-refractivity contribution >= 4 is 7.60 Å². The summed E-state index contributed by atoms with van der Waals surface area (Å²) < 4.78 is 15.9. The molecule has 0 saturated heterocycles. The molecule has 0 radical (unpaired) electrons. The Hall–Kier alpha value is -0.670. The van der Waals surface area contributed by atoms with Crippen molar-refractivity contribution in [1.29, 1.82) is 0 Å². The van der Waals surface area contributed by atoms with E-state index < -0.39 is 12.9 Å². The topological polar surface area (TPSA) is 66.8 Å². The van der Waals surface area contributed by atoms with Gasteiger partial charge in [0, 0.05) is 7.11 Å². The number of rotatable bonds is 3. The molecular weight excluding hydrogens is 203 g/mol. The molecule has 0 amide bonds. The molecule has 0 spiro atoms. The maximum Gasteiger partial charge on any atom is 0.363 e. The lowest BCUT2D eigenvalue weighted by molar-refractivity contribution is 0.101. The molecule has 0 aliphatic carbocycles. The molecule has 5 heteroatoms. The van der Waals surface area contributed by atoms with Gasteiger partial charge in [-0.25, -0.2) is 0 Å². The standard InChI is InChI=1S/C9H13O4P/c1-9(10,14(11,12)13-2)8-6-4-3-5-7-8/h3-7,10H,1-2H3,(H,11,12). The summed E-state index contributed by atoms with van der Waals surface area (Å²) in [5, 5.41) is 8.00. The lowest BCUT2D eigenvalue weighted by atomic mass is 10.1. The molecular formula is C9H13O4P. The number of hydrogen-bond donors (Lipinski definition) is 2. The van der Waals surface area contributed by atoms with Gasteiger partial charge < -0.3 is 14.5 Å². The van der Waals surface area contributed by atoms with E-state index in [1.807, 2.05) is 0 Å².